The summed E-state index contributed by atoms with van der Waals surface area (Å²) >= 11 is 4.54. The molecule has 1 aromatic rings. The van der Waals surface area contributed by atoms with Crippen molar-refractivity contribution >= 4 is 37.3 Å². The molecule has 2 N–H and O–H groups in total. The first-order valence-electron chi connectivity index (χ1n) is 5.72. The molecule has 1 aliphatic rings. The van der Waals surface area contributed by atoms with Crippen LogP contribution < -0.4 is 5.73 Å². The third kappa shape index (κ3) is 3.12. The first-order valence-corrected chi connectivity index (χ1v) is 8.77. The average Bonchev–Trinajstić information content (AvgIpc) is 2.78. The number of sulfonamides is 1. The van der Waals surface area contributed by atoms with Gasteiger partial charge in [-0.2, -0.15) is 4.31 Å². The van der Waals surface area contributed by atoms with E-state index in [9.17, 15) is 8.42 Å². The van der Waals surface area contributed by atoms with Gasteiger partial charge in [0.1, 0.15) is 4.21 Å². The van der Waals surface area contributed by atoms with Gasteiger partial charge >= 0.3 is 0 Å². The molecule has 1 fully saturated rings. The quantitative estimate of drug-likeness (QED) is 0.868. The van der Waals surface area contributed by atoms with Gasteiger partial charge in [-0.25, -0.2) is 8.42 Å². The van der Waals surface area contributed by atoms with Crippen molar-refractivity contribution < 1.29 is 8.42 Å². The number of hydrogen-bond donors (Lipinski definition) is 1. The minimum Gasteiger partial charge on any atom is -0.329 e. The van der Waals surface area contributed by atoms with Crippen molar-refractivity contribution in [3.63, 3.8) is 0 Å². The summed E-state index contributed by atoms with van der Waals surface area (Å²) in [5.74, 6) is 0. The molecule has 18 heavy (non-hydrogen) atoms. The van der Waals surface area contributed by atoms with E-state index < -0.39 is 10.0 Å². The van der Waals surface area contributed by atoms with E-state index in [1.807, 2.05) is 0 Å². The van der Waals surface area contributed by atoms with Crippen molar-refractivity contribution in [2.24, 2.45) is 5.73 Å². The number of rotatable bonds is 4. The topological polar surface area (TPSA) is 66.6 Å². The highest BCUT2D eigenvalue weighted by atomic mass is 79.9. The Balaban J connectivity index is 2.05. The van der Waals surface area contributed by atoms with Crippen molar-refractivity contribution in [3.05, 3.63) is 15.9 Å². The molecule has 2 rings (SSSR count). The summed E-state index contributed by atoms with van der Waals surface area (Å²) in [5.41, 5.74) is 5.50. The molecule has 0 bridgehead atoms. The third-order valence-electron chi connectivity index (χ3n) is 2.92. The summed E-state index contributed by atoms with van der Waals surface area (Å²) in [4.78, 5) is 2.19. The van der Waals surface area contributed by atoms with Gasteiger partial charge in [-0.15, -0.1) is 11.3 Å². The smallest absolute Gasteiger partial charge is 0.252 e. The lowest BCUT2D eigenvalue weighted by molar-refractivity contribution is 0.193. The maximum Gasteiger partial charge on any atom is 0.252 e. The van der Waals surface area contributed by atoms with Gasteiger partial charge in [-0.1, -0.05) is 0 Å². The Labute approximate surface area is 120 Å². The molecule has 0 aromatic carbocycles. The van der Waals surface area contributed by atoms with Crippen molar-refractivity contribution in [2.45, 2.75) is 4.21 Å². The molecule has 8 heteroatoms. The van der Waals surface area contributed by atoms with Crippen LogP contribution >= 0.6 is 27.3 Å². The lowest BCUT2D eigenvalue weighted by atomic mass is 10.3. The average molecular weight is 354 g/mol. The molecule has 1 aliphatic heterocycles. The van der Waals surface area contributed by atoms with Crippen LogP contribution in [0.3, 0.4) is 0 Å². The number of halogens is 1. The van der Waals surface area contributed by atoms with E-state index in [1.165, 1.54) is 11.3 Å². The van der Waals surface area contributed by atoms with Crippen LogP contribution in [0.1, 0.15) is 0 Å². The summed E-state index contributed by atoms with van der Waals surface area (Å²) in [7, 11) is -3.32. The van der Waals surface area contributed by atoms with Gasteiger partial charge in [-0.05, 0) is 28.1 Å². The Morgan fingerprint density at radius 3 is 2.44 bits per heavy atom. The first-order chi connectivity index (χ1) is 8.54. The Morgan fingerprint density at radius 2 is 1.94 bits per heavy atom. The number of nitrogens with zero attached hydrogens (tertiary/aromatic N) is 2. The van der Waals surface area contributed by atoms with Gasteiger partial charge in [-0.3, -0.25) is 4.90 Å². The highest BCUT2D eigenvalue weighted by molar-refractivity contribution is 9.11. The molecule has 0 atom stereocenters. The molecule has 0 radical (unpaired) electrons. The Morgan fingerprint density at radius 1 is 1.28 bits per heavy atom. The van der Waals surface area contributed by atoms with Crippen LogP contribution in [0.4, 0.5) is 0 Å². The fraction of sp³-hybridized carbons (Fsp3) is 0.600. The standard InChI is InChI=1S/C10H16BrN3O2S2/c11-9-1-2-10(17-9)18(15,16)14-7-5-13(4-3-12)6-8-14/h1-2H,3-8,12H2. The molecular weight excluding hydrogens is 338 g/mol. The maximum atomic E-state index is 12.3. The van der Waals surface area contributed by atoms with Crippen LogP contribution in [0.15, 0.2) is 20.1 Å². The molecule has 0 spiro atoms. The lowest BCUT2D eigenvalue weighted by Crippen LogP contribution is -2.49. The van der Waals surface area contributed by atoms with Crippen LogP contribution in [0.25, 0.3) is 0 Å². The number of hydrogen-bond acceptors (Lipinski definition) is 5. The first kappa shape index (κ1) is 14.4. The van der Waals surface area contributed by atoms with Gasteiger partial charge in [0.05, 0.1) is 3.79 Å². The van der Waals surface area contributed by atoms with Crippen LogP contribution in [-0.4, -0.2) is 56.9 Å². The second-order valence-corrected chi connectivity index (χ2v) is 8.72. The molecule has 1 saturated heterocycles. The predicted octanol–water partition coefficient (Wildman–Crippen LogP) is 0.776. The van der Waals surface area contributed by atoms with Crippen molar-refractivity contribution in [2.75, 3.05) is 39.3 Å². The highest BCUT2D eigenvalue weighted by Gasteiger charge is 2.29. The number of piperazine rings is 1. The second-order valence-electron chi connectivity index (χ2n) is 4.09. The van der Waals surface area contributed by atoms with Crippen LogP contribution in [0, 0.1) is 0 Å². The summed E-state index contributed by atoms with van der Waals surface area (Å²) < 4.78 is 27.5. The fourth-order valence-corrected chi connectivity index (χ4v) is 5.53. The van der Waals surface area contributed by atoms with E-state index in [1.54, 1.807) is 16.4 Å². The molecule has 0 unspecified atom stereocenters. The van der Waals surface area contributed by atoms with Crippen molar-refractivity contribution in [3.8, 4) is 0 Å². The molecule has 0 amide bonds. The molecule has 0 saturated carbocycles. The Bertz CT molecular complexity index is 495. The number of thiophene rings is 1. The van der Waals surface area contributed by atoms with Crippen LogP contribution in [-0.2, 0) is 10.0 Å². The minimum absolute atomic E-state index is 0.404. The summed E-state index contributed by atoms with van der Waals surface area (Å²) in [6, 6.07) is 3.42. The molecular formula is C10H16BrN3O2S2. The molecule has 1 aromatic heterocycles. The van der Waals surface area contributed by atoms with E-state index in [2.05, 4.69) is 20.8 Å². The highest BCUT2D eigenvalue weighted by Crippen LogP contribution is 2.28. The predicted molar refractivity (Wildman–Crippen MR) is 76.3 cm³/mol. The molecule has 2 heterocycles. The second kappa shape index (κ2) is 5.98. The van der Waals surface area contributed by atoms with Crippen molar-refractivity contribution in [1.82, 2.24) is 9.21 Å². The minimum atomic E-state index is -3.32. The summed E-state index contributed by atoms with van der Waals surface area (Å²) in [6.07, 6.45) is 0. The largest absolute Gasteiger partial charge is 0.329 e. The van der Waals surface area contributed by atoms with Gasteiger partial charge in [0.25, 0.3) is 10.0 Å². The van der Waals surface area contributed by atoms with Crippen molar-refractivity contribution in [1.29, 1.82) is 0 Å². The fourth-order valence-electron chi connectivity index (χ4n) is 1.94. The maximum absolute atomic E-state index is 12.3. The summed E-state index contributed by atoms with van der Waals surface area (Å²) in [6.45, 7) is 4.03. The van der Waals surface area contributed by atoms with Crippen LogP contribution in [0.5, 0.6) is 0 Å². The molecule has 102 valence electrons. The van der Waals surface area contributed by atoms with Gasteiger partial charge in [0.15, 0.2) is 0 Å². The van der Waals surface area contributed by atoms with E-state index >= 15 is 0 Å². The van der Waals surface area contributed by atoms with Gasteiger partial charge in [0.2, 0.25) is 0 Å². The zero-order chi connectivity index (χ0) is 13.2. The zero-order valence-electron chi connectivity index (χ0n) is 9.88. The molecule has 5 nitrogen and oxygen atoms in total. The third-order valence-corrected chi connectivity index (χ3v) is 6.91. The Hall–Kier alpha value is 0.01000. The molecule has 0 aliphatic carbocycles. The van der Waals surface area contributed by atoms with Crippen LogP contribution in [0.2, 0.25) is 0 Å². The monoisotopic (exact) mass is 353 g/mol. The SMILES string of the molecule is NCCN1CCN(S(=O)(=O)c2ccc(Br)s2)CC1. The van der Waals surface area contributed by atoms with E-state index in [0.29, 0.717) is 23.8 Å². The lowest BCUT2D eigenvalue weighted by Gasteiger charge is -2.33. The summed E-state index contributed by atoms with van der Waals surface area (Å²) in [5, 5.41) is 0. The van der Waals surface area contributed by atoms with E-state index in [4.69, 9.17) is 5.73 Å². The van der Waals surface area contributed by atoms with E-state index in [0.717, 1.165) is 23.4 Å². The Kier molecular flexibility index (Phi) is 4.79. The normalized spacial score (nSPS) is 19.2. The zero-order valence-corrected chi connectivity index (χ0v) is 13.1. The van der Waals surface area contributed by atoms with Gasteiger partial charge < -0.3 is 5.73 Å². The van der Waals surface area contributed by atoms with Gasteiger partial charge in [0, 0.05) is 39.3 Å². The number of nitrogens with two attached hydrogens (primary N) is 1. The van der Waals surface area contributed by atoms with E-state index in [-0.39, 0.29) is 0 Å².